The zero-order valence-electron chi connectivity index (χ0n) is 33.6. The number of aromatic nitrogens is 4. The van der Waals surface area contributed by atoms with Crippen LogP contribution in [0.1, 0.15) is 88.2 Å². The molecule has 2 fully saturated rings. The molecular formula is C43H50ClN7O7. The Morgan fingerprint density at radius 1 is 0.879 bits per heavy atom. The lowest BCUT2D eigenvalue weighted by atomic mass is 9.84. The van der Waals surface area contributed by atoms with Crippen molar-refractivity contribution in [1.82, 2.24) is 30.0 Å². The van der Waals surface area contributed by atoms with E-state index in [0.29, 0.717) is 59.9 Å². The van der Waals surface area contributed by atoms with Gasteiger partial charge in [-0.05, 0) is 125 Å². The Morgan fingerprint density at radius 2 is 1.57 bits per heavy atom. The molecule has 3 aromatic carbocycles. The van der Waals surface area contributed by atoms with Crippen molar-refractivity contribution in [3.63, 3.8) is 0 Å². The van der Waals surface area contributed by atoms with Gasteiger partial charge >= 0.3 is 12.1 Å². The molecule has 0 spiro atoms. The van der Waals surface area contributed by atoms with Crippen molar-refractivity contribution < 1.29 is 33.4 Å². The van der Waals surface area contributed by atoms with Gasteiger partial charge in [-0.1, -0.05) is 41.9 Å². The quantitative estimate of drug-likeness (QED) is 0.137. The van der Waals surface area contributed by atoms with Crippen molar-refractivity contribution in [1.29, 1.82) is 0 Å². The lowest BCUT2D eigenvalue weighted by molar-refractivity contribution is -0.151. The van der Waals surface area contributed by atoms with Crippen LogP contribution in [0.5, 0.6) is 0 Å². The van der Waals surface area contributed by atoms with Crippen LogP contribution in [0.15, 0.2) is 85.2 Å². The minimum atomic E-state index is -1.05. The van der Waals surface area contributed by atoms with Gasteiger partial charge in [-0.25, -0.2) is 9.59 Å². The third-order valence-electron chi connectivity index (χ3n) is 9.68. The summed E-state index contributed by atoms with van der Waals surface area (Å²) in [7, 11) is 0. The van der Waals surface area contributed by atoms with E-state index < -0.39 is 41.1 Å². The fraction of sp³-hybridized carbons (Fsp3) is 0.419. The number of hydrogen-bond acceptors (Lipinski definition) is 10. The van der Waals surface area contributed by atoms with Crippen molar-refractivity contribution >= 4 is 47.2 Å². The standard InChI is InChI=1S/C43H50ClN7O7/c1-42(2,3)57-40(54)29-12-16-33(17-13-29)46-39(53)38-36(56-34-20-22-49(23-21-34)41(55)58-43(4,5)6)25-31(28-10-8-7-9-11-28)26-50(38)37(52)19-14-30-24-32(44)15-18-35(30)51-27-45-47-48-51/h7-19,24,27,31,34,36,38H,20-23,25-26H2,1-6H3,(H,46,53)/b19-14+. The van der Waals surface area contributed by atoms with Gasteiger partial charge in [-0.3, -0.25) is 9.59 Å². The third-order valence-corrected chi connectivity index (χ3v) is 9.92. The first-order valence-corrected chi connectivity index (χ1v) is 19.7. The molecule has 2 saturated heterocycles. The second-order valence-electron chi connectivity index (χ2n) is 16.5. The second kappa shape index (κ2) is 17.9. The summed E-state index contributed by atoms with van der Waals surface area (Å²) in [6.45, 7) is 11.9. The van der Waals surface area contributed by atoms with Crippen LogP contribution >= 0.6 is 11.6 Å². The van der Waals surface area contributed by atoms with Crippen LogP contribution in [-0.4, -0.2) is 103 Å². The molecule has 2 aliphatic heterocycles. The molecule has 0 bridgehead atoms. The number of amides is 3. The topological polar surface area (TPSA) is 158 Å². The number of ether oxygens (including phenoxy) is 3. The van der Waals surface area contributed by atoms with E-state index in [1.165, 1.54) is 17.1 Å². The largest absolute Gasteiger partial charge is 0.456 e. The first kappa shape index (κ1) is 42.0. The van der Waals surface area contributed by atoms with Crippen LogP contribution in [-0.2, 0) is 23.8 Å². The molecule has 1 N–H and O–H groups in total. The van der Waals surface area contributed by atoms with Crippen LogP contribution in [0.4, 0.5) is 10.5 Å². The average molecular weight is 812 g/mol. The highest BCUT2D eigenvalue weighted by atomic mass is 35.5. The number of hydrogen-bond donors (Lipinski definition) is 1. The number of rotatable bonds is 9. The molecule has 3 amide bonds. The number of likely N-dealkylation sites (tertiary alicyclic amines) is 2. The minimum Gasteiger partial charge on any atom is -0.456 e. The molecule has 0 saturated carbocycles. The van der Waals surface area contributed by atoms with Crippen molar-refractivity contribution in [2.45, 2.75) is 96.2 Å². The Labute approximate surface area is 343 Å². The lowest BCUT2D eigenvalue weighted by Gasteiger charge is -2.45. The SMILES string of the molecule is CC(C)(C)OC(=O)c1ccc(NC(=O)C2C(OC3CCN(C(=O)OC(C)(C)C)CC3)CC(c3ccccc3)CN2C(=O)/C=C/c2cc(Cl)ccc2-n2cnnn2)cc1. The summed E-state index contributed by atoms with van der Waals surface area (Å²) in [5.41, 5.74) is 1.66. The van der Waals surface area contributed by atoms with Gasteiger partial charge in [-0.2, -0.15) is 4.68 Å². The molecule has 0 aliphatic carbocycles. The number of anilines is 1. The number of nitrogens with one attached hydrogen (secondary N) is 1. The van der Waals surface area contributed by atoms with E-state index in [9.17, 15) is 19.2 Å². The summed E-state index contributed by atoms with van der Waals surface area (Å²) in [6, 6.07) is 20.4. The number of esters is 1. The van der Waals surface area contributed by atoms with Crippen molar-refractivity contribution in [3.05, 3.63) is 107 Å². The molecule has 14 nitrogen and oxygen atoms in total. The van der Waals surface area contributed by atoms with Crippen molar-refractivity contribution in [2.75, 3.05) is 25.0 Å². The van der Waals surface area contributed by atoms with Crippen LogP contribution in [0.3, 0.4) is 0 Å². The van der Waals surface area contributed by atoms with Crippen LogP contribution in [0.2, 0.25) is 5.02 Å². The average Bonchev–Trinajstić information content (AvgIpc) is 3.71. The summed E-state index contributed by atoms with van der Waals surface area (Å²) >= 11 is 6.38. The normalized spacial score (nSPS) is 19.2. The summed E-state index contributed by atoms with van der Waals surface area (Å²) in [5.74, 6) is -1.52. The second-order valence-corrected chi connectivity index (χ2v) is 16.9. The molecular weight excluding hydrogens is 762 g/mol. The predicted molar refractivity (Wildman–Crippen MR) is 218 cm³/mol. The molecule has 3 atom stereocenters. The van der Waals surface area contributed by atoms with Gasteiger partial charge in [-0.15, -0.1) is 5.10 Å². The molecule has 4 aromatic rings. The van der Waals surface area contributed by atoms with Crippen LogP contribution < -0.4 is 5.32 Å². The maximum atomic E-state index is 14.6. The summed E-state index contributed by atoms with van der Waals surface area (Å²) in [5, 5.41) is 14.9. The van der Waals surface area contributed by atoms with E-state index in [4.69, 9.17) is 25.8 Å². The molecule has 2 aliphatic rings. The molecule has 0 radical (unpaired) electrons. The summed E-state index contributed by atoms with van der Waals surface area (Å²) in [6.07, 6.45) is 4.59. The van der Waals surface area contributed by atoms with Gasteiger partial charge in [0.1, 0.15) is 23.6 Å². The van der Waals surface area contributed by atoms with Gasteiger partial charge in [0.25, 0.3) is 0 Å². The molecule has 306 valence electrons. The molecule has 58 heavy (non-hydrogen) atoms. The molecule has 15 heteroatoms. The Bertz CT molecular complexity index is 2090. The maximum Gasteiger partial charge on any atom is 0.410 e. The summed E-state index contributed by atoms with van der Waals surface area (Å²) < 4.78 is 19.4. The van der Waals surface area contributed by atoms with Gasteiger partial charge in [0, 0.05) is 47.9 Å². The zero-order valence-corrected chi connectivity index (χ0v) is 34.4. The Morgan fingerprint density at radius 3 is 2.21 bits per heavy atom. The maximum absolute atomic E-state index is 14.6. The first-order valence-electron chi connectivity index (χ1n) is 19.4. The van der Waals surface area contributed by atoms with Crippen molar-refractivity contribution in [2.24, 2.45) is 0 Å². The van der Waals surface area contributed by atoms with Crippen molar-refractivity contribution in [3.8, 4) is 5.69 Å². The predicted octanol–water partition coefficient (Wildman–Crippen LogP) is 7.09. The Hall–Kier alpha value is -5.60. The number of piperidine rings is 2. The van der Waals surface area contributed by atoms with E-state index in [-0.39, 0.29) is 24.7 Å². The highest BCUT2D eigenvalue weighted by Gasteiger charge is 2.45. The Balaban J connectivity index is 1.31. The molecule has 1 aromatic heterocycles. The number of halogens is 1. The molecule has 6 rings (SSSR count). The van der Waals surface area contributed by atoms with E-state index in [0.717, 1.165) is 5.56 Å². The summed E-state index contributed by atoms with van der Waals surface area (Å²) in [4.78, 5) is 57.9. The van der Waals surface area contributed by atoms with E-state index in [1.807, 2.05) is 51.1 Å². The van der Waals surface area contributed by atoms with Gasteiger partial charge < -0.3 is 29.3 Å². The number of carbonyl (C=O) groups excluding carboxylic acids is 4. The number of benzene rings is 3. The number of carbonyl (C=O) groups is 4. The molecule has 3 unspecified atom stereocenters. The van der Waals surface area contributed by atoms with Crippen LogP contribution in [0, 0.1) is 0 Å². The smallest absolute Gasteiger partial charge is 0.410 e. The van der Waals surface area contributed by atoms with Gasteiger partial charge in [0.2, 0.25) is 11.8 Å². The number of tetrazole rings is 1. The Kier molecular flexibility index (Phi) is 13.0. The highest BCUT2D eigenvalue weighted by molar-refractivity contribution is 6.30. The van der Waals surface area contributed by atoms with Gasteiger partial charge in [0.15, 0.2) is 0 Å². The van der Waals surface area contributed by atoms with Gasteiger partial charge in [0.05, 0.1) is 23.5 Å². The van der Waals surface area contributed by atoms with E-state index >= 15 is 0 Å². The molecule has 3 heterocycles. The van der Waals surface area contributed by atoms with E-state index in [2.05, 4.69) is 20.8 Å². The first-order chi connectivity index (χ1) is 27.5. The number of nitrogens with zero attached hydrogens (tertiary/aromatic N) is 6. The zero-order chi connectivity index (χ0) is 41.6. The fourth-order valence-electron chi connectivity index (χ4n) is 7.06. The fourth-order valence-corrected chi connectivity index (χ4v) is 7.24. The monoisotopic (exact) mass is 811 g/mol. The lowest BCUT2D eigenvalue weighted by Crippen LogP contribution is -2.59. The van der Waals surface area contributed by atoms with E-state index in [1.54, 1.807) is 79.1 Å². The minimum absolute atomic E-state index is 0.162. The third kappa shape index (κ3) is 11.1. The van der Waals surface area contributed by atoms with Crippen LogP contribution in [0.25, 0.3) is 11.8 Å². The highest BCUT2D eigenvalue weighted by Crippen LogP contribution is 2.35.